The Hall–Kier alpha value is -3.71. The number of benzene rings is 1. The maximum Gasteiger partial charge on any atom is 0.252 e. The van der Waals surface area contributed by atoms with Crippen molar-refractivity contribution in [2.75, 3.05) is 0 Å². The van der Waals surface area contributed by atoms with E-state index in [9.17, 15) is 27.2 Å². The van der Waals surface area contributed by atoms with E-state index in [1.165, 1.54) is 13.0 Å². The Morgan fingerprint density at radius 3 is 2.62 bits per heavy atom. The van der Waals surface area contributed by atoms with Gasteiger partial charge < -0.3 is 10.3 Å². The van der Waals surface area contributed by atoms with E-state index in [1.54, 1.807) is 6.08 Å². The van der Waals surface area contributed by atoms with Crippen molar-refractivity contribution in [1.82, 2.24) is 15.3 Å². The highest BCUT2D eigenvalue weighted by molar-refractivity contribution is 5.87. The van der Waals surface area contributed by atoms with Crippen molar-refractivity contribution < 1.29 is 22.4 Å². The van der Waals surface area contributed by atoms with Crippen molar-refractivity contribution in [3.63, 3.8) is 0 Å². The van der Waals surface area contributed by atoms with Gasteiger partial charge in [0.05, 0.1) is 29.4 Å². The molecule has 1 aromatic carbocycles. The van der Waals surface area contributed by atoms with E-state index < -0.39 is 46.7 Å². The van der Waals surface area contributed by atoms with Crippen molar-refractivity contribution in [3.8, 4) is 0 Å². The number of aromatic nitrogens is 2. The topological polar surface area (TPSA) is 74.8 Å². The summed E-state index contributed by atoms with van der Waals surface area (Å²) in [7, 11) is 0. The molecule has 2 heterocycles. The third-order valence-corrected chi connectivity index (χ3v) is 5.35. The van der Waals surface area contributed by atoms with Gasteiger partial charge in [-0.05, 0) is 43.2 Å². The van der Waals surface area contributed by atoms with Crippen LogP contribution in [0.25, 0.3) is 10.9 Å². The van der Waals surface area contributed by atoms with Gasteiger partial charge >= 0.3 is 0 Å². The minimum Gasteiger partial charge on any atom is -0.347 e. The second kappa shape index (κ2) is 8.43. The van der Waals surface area contributed by atoms with Crippen LogP contribution in [-0.4, -0.2) is 15.9 Å². The number of allylic oxidation sites excluding steroid dienone is 1. The molecule has 5 nitrogen and oxygen atoms in total. The lowest BCUT2D eigenvalue weighted by molar-refractivity contribution is -0.123. The lowest BCUT2D eigenvalue weighted by Gasteiger charge is -2.22. The summed E-state index contributed by atoms with van der Waals surface area (Å²) in [6.07, 6.45) is 3.26. The zero-order valence-electron chi connectivity index (χ0n) is 16.8. The van der Waals surface area contributed by atoms with E-state index in [0.717, 1.165) is 23.9 Å². The van der Waals surface area contributed by atoms with Gasteiger partial charge in [0.2, 0.25) is 5.91 Å². The van der Waals surface area contributed by atoms with Crippen molar-refractivity contribution >= 4 is 16.8 Å². The van der Waals surface area contributed by atoms with Gasteiger partial charge in [-0.2, -0.15) is 0 Å². The fraction of sp³-hybridized carbons (Fsp3) is 0.217. The lowest BCUT2D eigenvalue weighted by atomic mass is 9.87. The number of halogens is 4. The first kappa shape index (κ1) is 21.5. The monoisotopic (exact) mass is 443 g/mol. The first-order valence-electron chi connectivity index (χ1n) is 9.79. The number of H-pyrrole nitrogens is 1. The van der Waals surface area contributed by atoms with Gasteiger partial charge in [0.25, 0.3) is 5.56 Å². The molecule has 1 aliphatic rings. The predicted molar refractivity (Wildman–Crippen MR) is 109 cm³/mol. The summed E-state index contributed by atoms with van der Waals surface area (Å²) in [6, 6.07) is 2.99. The Bertz CT molecular complexity index is 1360. The van der Waals surface area contributed by atoms with Crippen LogP contribution in [-0.2, 0) is 4.79 Å². The molecule has 3 aromatic rings. The van der Waals surface area contributed by atoms with Crippen LogP contribution in [0.2, 0.25) is 0 Å². The number of nitrogens with one attached hydrogen (secondary N) is 2. The Balaban J connectivity index is 1.72. The molecule has 0 saturated heterocycles. The second-order valence-electron chi connectivity index (χ2n) is 7.54. The standard InChI is InChI=1S/C23H17F4N3O2/c1-11(21-18(26)8-13(24)10-28-21)29-22(31)14(7-12-3-2-4-12)15-9-16-19(30-23(15)32)6-5-17(25)20(16)27/h2,5-6,8-11,14H,3,7H2,1H3,(H,29,31)(H,30,32)/t11-,14-/m1/s1. The first-order valence-corrected chi connectivity index (χ1v) is 9.79. The number of hydrogen-bond donors (Lipinski definition) is 2. The molecule has 1 amide bonds. The first-order chi connectivity index (χ1) is 15.2. The highest BCUT2D eigenvalue weighted by Crippen LogP contribution is 2.29. The van der Waals surface area contributed by atoms with Gasteiger partial charge in [-0.3, -0.25) is 14.6 Å². The van der Waals surface area contributed by atoms with Gasteiger partial charge in [0.15, 0.2) is 11.6 Å². The number of carbonyl (C=O) groups excluding carboxylic acids is 1. The maximum atomic E-state index is 14.3. The number of fused-ring (bicyclic) bond motifs is 1. The van der Waals surface area contributed by atoms with E-state index >= 15 is 0 Å². The average Bonchev–Trinajstić information content (AvgIpc) is 2.70. The molecule has 164 valence electrons. The van der Waals surface area contributed by atoms with Gasteiger partial charge in [-0.15, -0.1) is 5.73 Å². The quantitative estimate of drug-likeness (QED) is 0.440. The minimum absolute atomic E-state index is 0.0690. The van der Waals surface area contributed by atoms with Crippen LogP contribution >= 0.6 is 0 Å². The number of pyridine rings is 2. The highest BCUT2D eigenvalue weighted by Gasteiger charge is 2.28. The molecule has 0 spiro atoms. The van der Waals surface area contributed by atoms with Crippen molar-refractivity contribution in [3.05, 3.63) is 92.7 Å². The minimum atomic E-state index is -1.15. The van der Waals surface area contributed by atoms with Gasteiger partial charge in [-0.25, -0.2) is 17.6 Å². The number of carbonyl (C=O) groups is 1. The summed E-state index contributed by atoms with van der Waals surface area (Å²) in [5, 5.41) is 2.40. The molecule has 2 N–H and O–H groups in total. The van der Waals surface area contributed by atoms with Gasteiger partial charge in [0.1, 0.15) is 11.6 Å². The van der Waals surface area contributed by atoms with Crippen molar-refractivity contribution in [2.45, 2.75) is 31.7 Å². The smallest absolute Gasteiger partial charge is 0.252 e. The summed E-state index contributed by atoms with van der Waals surface area (Å²) in [5.74, 6) is -5.75. The fourth-order valence-corrected chi connectivity index (χ4v) is 3.60. The fourth-order valence-electron chi connectivity index (χ4n) is 3.60. The number of hydrogen-bond acceptors (Lipinski definition) is 3. The molecule has 2 atom stereocenters. The molecule has 0 radical (unpaired) electrons. The predicted octanol–water partition coefficient (Wildman–Crippen LogP) is 4.32. The molecule has 0 unspecified atom stereocenters. The van der Waals surface area contributed by atoms with Crippen LogP contribution in [0, 0.1) is 23.3 Å². The molecule has 0 bridgehead atoms. The zero-order valence-corrected chi connectivity index (χ0v) is 16.8. The van der Waals surface area contributed by atoms with Gasteiger partial charge in [-0.1, -0.05) is 0 Å². The Morgan fingerprint density at radius 1 is 1.22 bits per heavy atom. The molecule has 0 aliphatic heterocycles. The van der Waals surface area contributed by atoms with Crippen molar-refractivity contribution in [1.29, 1.82) is 0 Å². The second-order valence-corrected chi connectivity index (χ2v) is 7.54. The average molecular weight is 443 g/mol. The van der Waals surface area contributed by atoms with Gasteiger partial charge in [0, 0.05) is 23.4 Å². The summed E-state index contributed by atoms with van der Waals surface area (Å²) >= 11 is 0. The SMILES string of the molecule is C[C@@H](NC(=O)[C@H](CC1=C=CC1)c1cc2c(F)c(F)ccc2[nH]c1=O)c1ncc(F)cc1F. The molecular formula is C23H17F4N3O2. The maximum absolute atomic E-state index is 14.3. The van der Waals surface area contributed by atoms with E-state index in [-0.39, 0.29) is 28.6 Å². The summed E-state index contributed by atoms with van der Waals surface area (Å²) < 4.78 is 55.2. The molecule has 4 rings (SSSR count). The molecular weight excluding hydrogens is 426 g/mol. The van der Waals surface area contributed by atoms with Crippen LogP contribution in [0.1, 0.15) is 43.0 Å². The van der Waals surface area contributed by atoms with E-state index in [2.05, 4.69) is 21.0 Å². The Morgan fingerprint density at radius 2 is 1.97 bits per heavy atom. The normalized spacial score (nSPS) is 14.6. The number of amides is 1. The lowest BCUT2D eigenvalue weighted by Crippen LogP contribution is -2.35. The van der Waals surface area contributed by atoms with E-state index in [4.69, 9.17) is 0 Å². The Labute approximate surface area is 179 Å². The van der Waals surface area contributed by atoms with Crippen molar-refractivity contribution in [2.24, 2.45) is 0 Å². The largest absolute Gasteiger partial charge is 0.347 e. The summed E-state index contributed by atoms with van der Waals surface area (Å²) in [4.78, 5) is 32.0. The summed E-state index contributed by atoms with van der Waals surface area (Å²) in [5.41, 5.74) is 2.90. The Kier molecular flexibility index (Phi) is 5.67. The highest BCUT2D eigenvalue weighted by atomic mass is 19.2. The number of nitrogens with zero attached hydrogens (tertiary/aromatic N) is 1. The summed E-state index contributed by atoms with van der Waals surface area (Å²) in [6.45, 7) is 1.46. The van der Waals surface area contributed by atoms with Crippen LogP contribution in [0.5, 0.6) is 0 Å². The molecule has 2 aromatic heterocycles. The number of aromatic amines is 1. The van der Waals surface area contributed by atoms with Crippen LogP contribution in [0.4, 0.5) is 17.6 Å². The van der Waals surface area contributed by atoms with Crippen LogP contribution in [0.3, 0.4) is 0 Å². The molecule has 32 heavy (non-hydrogen) atoms. The molecule has 9 heteroatoms. The third kappa shape index (κ3) is 4.07. The van der Waals surface area contributed by atoms with Crippen LogP contribution in [0.15, 0.2) is 52.6 Å². The van der Waals surface area contributed by atoms with E-state index in [0.29, 0.717) is 12.5 Å². The third-order valence-electron chi connectivity index (χ3n) is 5.35. The molecule has 0 fully saturated rings. The van der Waals surface area contributed by atoms with E-state index in [1.807, 2.05) is 0 Å². The number of rotatable bonds is 6. The molecule has 1 aliphatic carbocycles. The zero-order chi connectivity index (χ0) is 23.0. The van der Waals surface area contributed by atoms with Crippen LogP contribution < -0.4 is 10.9 Å². The molecule has 0 saturated carbocycles.